The van der Waals surface area contributed by atoms with Crippen LogP contribution in [0.3, 0.4) is 0 Å². The van der Waals surface area contributed by atoms with Gasteiger partial charge in [-0.25, -0.2) is 15.0 Å². The Hall–Kier alpha value is -7.63. The van der Waals surface area contributed by atoms with Crippen LogP contribution in [-0.4, -0.2) is 19.5 Å². The Morgan fingerprint density at radius 3 is 1.59 bits per heavy atom. The summed E-state index contributed by atoms with van der Waals surface area (Å²) in [4.78, 5) is 15.3. The summed E-state index contributed by atoms with van der Waals surface area (Å²) in [5.74, 6) is 0.706. The maximum absolute atomic E-state index is 6.48. The van der Waals surface area contributed by atoms with Crippen molar-refractivity contribution in [3.05, 3.63) is 194 Å². The molecule has 0 aliphatic carbocycles. The summed E-state index contributed by atoms with van der Waals surface area (Å²) in [6.45, 7) is 0. The topological polar surface area (TPSA) is 56.7 Å². The molecule has 56 heavy (non-hydrogen) atoms. The average molecular weight is 717 g/mol. The molecule has 4 heterocycles. The number of para-hydroxylation sites is 3. The number of nitrogens with zero attached hydrogens (tertiary/aromatic N) is 4. The molecule has 11 rings (SSSR count). The van der Waals surface area contributed by atoms with E-state index in [0.29, 0.717) is 11.5 Å². The largest absolute Gasteiger partial charge is 0.438 e. The van der Waals surface area contributed by atoms with E-state index in [1.807, 2.05) is 48.5 Å². The summed E-state index contributed by atoms with van der Waals surface area (Å²) in [6, 6.07) is 67.3. The predicted molar refractivity (Wildman–Crippen MR) is 229 cm³/mol. The third-order valence-corrected chi connectivity index (χ3v) is 10.7. The highest BCUT2D eigenvalue weighted by Crippen LogP contribution is 2.44. The summed E-state index contributed by atoms with van der Waals surface area (Å²) in [5.41, 5.74) is 13.8. The van der Waals surface area contributed by atoms with E-state index in [2.05, 4.69) is 150 Å². The molecule has 262 valence electrons. The van der Waals surface area contributed by atoms with Crippen LogP contribution >= 0.6 is 0 Å². The highest BCUT2D eigenvalue weighted by Gasteiger charge is 2.24. The first-order valence-electron chi connectivity index (χ1n) is 18.8. The van der Waals surface area contributed by atoms with Gasteiger partial charge in [0.1, 0.15) is 5.58 Å². The monoisotopic (exact) mass is 716 g/mol. The fourth-order valence-electron chi connectivity index (χ4n) is 7.99. The Labute approximate surface area is 322 Å². The van der Waals surface area contributed by atoms with Gasteiger partial charge in [0, 0.05) is 44.1 Å². The lowest BCUT2D eigenvalue weighted by Gasteiger charge is -2.11. The van der Waals surface area contributed by atoms with Gasteiger partial charge in [0.05, 0.1) is 33.5 Å². The van der Waals surface area contributed by atoms with E-state index in [1.165, 1.54) is 0 Å². The van der Waals surface area contributed by atoms with Crippen LogP contribution < -0.4 is 0 Å². The van der Waals surface area contributed by atoms with Crippen LogP contribution in [0.5, 0.6) is 0 Å². The molecular formula is C51H32N4O. The van der Waals surface area contributed by atoms with Gasteiger partial charge in [-0.05, 0) is 41.5 Å². The molecule has 5 nitrogen and oxygen atoms in total. The van der Waals surface area contributed by atoms with E-state index in [9.17, 15) is 0 Å². The number of furan rings is 1. The maximum atomic E-state index is 6.48. The van der Waals surface area contributed by atoms with E-state index in [1.54, 1.807) is 0 Å². The first-order chi connectivity index (χ1) is 27.8. The van der Waals surface area contributed by atoms with Gasteiger partial charge >= 0.3 is 0 Å². The molecule has 7 aromatic carbocycles. The van der Waals surface area contributed by atoms with Crippen molar-refractivity contribution in [1.29, 1.82) is 0 Å². The molecule has 0 aliphatic heterocycles. The summed E-state index contributed by atoms with van der Waals surface area (Å²) in [5, 5.41) is 4.33. The predicted octanol–water partition coefficient (Wildman–Crippen LogP) is 13.2. The van der Waals surface area contributed by atoms with Crippen LogP contribution in [0, 0.1) is 0 Å². The third kappa shape index (κ3) is 5.29. The van der Waals surface area contributed by atoms with Crippen molar-refractivity contribution in [3.8, 4) is 62.0 Å². The van der Waals surface area contributed by atoms with Gasteiger partial charge in [0.2, 0.25) is 5.71 Å². The zero-order valence-electron chi connectivity index (χ0n) is 30.2. The number of hydrogen-bond donors (Lipinski definition) is 0. The smallest absolute Gasteiger partial charge is 0.230 e. The molecule has 0 N–H and O–H groups in total. The van der Waals surface area contributed by atoms with Crippen molar-refractivity contribution in [2.45, 2.75) is 0 Å². The molecule has 4 aromatic heterocycles. The Morgan fingerprint density at radius 2 is 0.911 bits per heavy atom. The van der Waals surface area contributed by atoms with Crippen LogP contribution in [0.1, 0.15) is 0 Å². The zero-order valence-corrected chi connectivity index (χ0v) is 30.2. The van der Waals surface area contributed by atoms with Crippen LogP contribution in [-0.2, 0) is 0 Å². The van der Waals surface area contributed by atoms with Gasteiger partial charge in [0.25, 0.3) is 0 Å². The SMILES string of the molecule is c1ccc(-c2cc(-c3ccc(-c4ccc(-c5nc6oc7ccccc7c6c6c5c5ccccc5n6-c5ccccc5)cc4)cc3)nc(-c3ccccc3)n2)cc1. The van der Waals surface area contributed by atoms with Crippen LogP contribution in [0.25, 0.3) is 106 Å². The van der Waals surface area contributed by atoms with Crippen LogP contribution in [0.2, 0.25) is 0 Å². The molecule has 5 heteroatoms. The number of pyridine rings is 1. The second kappa shape index (κ2) is 13.0. The molecule has 0 bridgehead atoms. The number of fused-ring (bicyclic) bond motifs is 7. The number of benzene rings is 7. The minimum atomic E-state index is 0.629. The van der Waals surface area contributed by atoms with Gasteiger partial charge in [-0.2, -0.15) is 0 Å². The molecular weight excluding hydrogens is 685 g/mol. The Kier molecular flexibility index (Phi) is 7.42. The minimum absolute atomic E-state index is 0.629. The lowest BCUT2D eigenvalue weighted by molar-refractivity contribution is 0.655. The molecule has 0 saturated heterocycles. The van der Waals surface area contributed by atoms with Gasteiger partial charge < -0.3 is 8.98 Å². The summed E-state index contributed by atoms with van der Waals surface area (Å²) >= 11 is 0. The van der Waals surface area contributed by atoms with Crippen molar-refractivity contribution < 1.29 is 4.42 Å². The molecule has 0 aliphatic rings. The normalized spacial score (nSPS) is 11.6. The fraction of sp³-hybridized carbons (Fsp3) is 0. The quantitative estimate of drug-likeness (QED) is 0.172. The molecule has 0 amide bonds. The molecule has 0 spiro atoms. The van der Waals surface area contributed by atoms with Crippen molar-refractivity contribution >= 4 is 43.9 Å². The Bertz CT molecular complexity index is 3150. The van der Waals surface area contributed by atoms with E-state index >= 15 is 0 Å². The van der Waals surface area contributed by atoms with Crippen LogP contribution in [0.15, 0.2) is 199 Å². The van der Waals surface area contributed by atoms with Crippen molar-refractivity contribution in [2.24, 2.45) is 0 Å². The first kappa shape index (κ1) is 31.9. The van der Waals surface area contributed by atoms with Gasteiger partial charge in [-0.1, -0.05) is 164 Å². The maximum Gasteiger partial charge on any atom is 0.230 e. The van der Waals surface area contributed by atoms with Gasteiger partial charge in [-0.15, -0.1) is 0 Å². The first-order valence-corrected chi connectivity index (χ1v) is 18.8. The second-order valence-electron chi connectivity index (χ2n) is 14.0. The van der Waals surface area contributed by atoms with Crippen molar-refractivity contribution in [1.82, 2.24) is 19.5 Å². The number of aromatic nitrogens is 4. The van der Waals surface area contributed by atoms with Gasteiger partial charge in [-0.3, -0.25) is 0 Å². The molecule has 0 fully saturated rings. The zero-order chi connectivity index (χ0) is 37.0. The van der Waals surface area contributed by atoms with Crippen molar-refractivity contribution in [2.75, 3.05) is 0 Å². The molecule has 11 aromatic rings. The molecule has 0 unspecified atom stereocenters. The van der Waals surface area contributed by atoms with E-state index < -0.39 is 0 Å². The molecule has 0 saturated carbocycles. The molecule has 0 radical (unpaired) electrons. The lowest BCUT2D eigenvalue weighted by atomic mass is 9.98. The third-order valence-electron chi connectivity index (χ3n) is 10.7. The minimum Gasteiger partial charge on any atom is -0.438 e. The molecule has 0 atom stereocenters. The Balaban J connectivity index is 1.02. The summed E-state index contributed by atoms with van der Waals surface area (Å²) in [7, 11) is 0. The van der Waals surface area contributed by atoms with E-state index in [-0.39, 0.29) is 0 Å². The lowest BCUT2D eigenvalue weighted by Crippen LogP contribution is -1.95. The van der Waals surface area contributed by atoms with Crippen LogP contribution in [0.4, 0.5) is 0 Å². The summed E-state index contributed by atoms with van der Waals surface area (Å²) in [6.07, 6.45) is 0. The number of rotatable bonds is 6. The highest BCUT2D eigenvalue weighted by atomic mass is 16.3. The van der Waals surface area contributed by atoms with E-state index in [4.69, 9.17) is 19.4 Å². The van der Waals surface area contributed by atoms with Gasteiger partial charge in [0.15, 0.2) is 5.82 Å². The summed E-state index contributed by atoms with van der Waals surface area (Å²) < 4.78 is 8.84. The number of hydrogen-bond acceptors (Lipinski definition) is 4. The second-order valence-corrected chi connectivity index (χ2v) is 14.0. The van der Waals surface area contributed by atoms with Crippen molar-refractivity contribution in [3.63, 3.8) is 0 Å². The standard InChI is InChI=1S/C51H32N4O/c1-4-14-35(15-5-1)42-32-43(53-50(52-42)38-16-6-2-7-17-38)36-28-24-33(25-29-36)34-26-30-37(31-27-34)48-46-40-20-10-12-22-44(40)55(39-18-8-3-9-19-39)49(46)47-41-21-11-13-23-45(41)56-51(47)54-48/h1-32H. The fourth-order valence-corrected chi connectivity index (χ4v) is 7.99. The van der Waals surface area contributed by atoms with E-state index in [0.717, 1.165) is 94.3 Å². The highest BCUT2D eigenvalue weighted by molar-refractivity contribution is 6.27. The Morgan fingerprint density at radius 1 is 0.393 bits per heavy atom. The average Bonchev–Trinajstić information content (AvgIpc) is 3.83.